The van der Waals surface area contributed by atoms with Crippen LogP contribution in [0.5, 0.6) is 5.75 Å². The van der Waals surface area contributed by atoms with E-state index in [-0.39, 0.29) is 6.04 Å². The second-order valence-electron chi connectivity index (χ2n) is 5.54. The van der Waals surface area contributed by atoms with Crippen LogP contribution in [0.25, 0.3) is 0 Å². The zero-order chi connectivity index (χ0) is 16.7. The van der Waals surface area contributed by atoms with Crippen molar-refractivity contribution in [3.05, 3.63) is 64.7 Å². The number of ether oxygens (including phenoxy) is 1. The highest BCUT2D eigenvalue weighted by Gasteiger charge is 2.15. The number of hydrogen-bond acceptors (Lipinski definition) is 4. The summed E-state index contributed by atoms with van der Waals surface area (Å²) in [6.45, 7) is 1.09. The number of nitrogens with two attached hydrogens (primary N) is 1. The van der Waals surface area contributed by atoms with Crippen molar-refractivity contribution in [3.8, 4) is 5.75 Å². The van der Waals surface area contributed by atoms with E-state index < -0.39 is 6.10 Å². The summed E-state index contributed by atoms with van der Waals surface area (Å²) in [6, 6.07) is 15.0. The summed E-state index contributed by atoms with van der Waals surface area (Å²) < 4.78 is 5.19. The van der Waals surface area contributed by atoms with Crippen molar-refractivity contribution >= 4 is 11.6 Å². The number of hydrogen-bond donors (Lipinski definition) is 3. The first-order valence-corrected chi connectivity index (χ1v) is 7.98. The largest absolute Gasteiger partial charge is 0.497 e. The predicted octanol–water partition coefficient (Wildman–Crippen LogP) is 2.37. The van der Waals surface area contributed by atoms with Crippen molar-refractivity contribution in [3.63, 3.8) is 0 Å². The third-order valence-electron chi connectivity index (χ3n) is 3.70. The highest BCUT2D eigenvalue weighted by molar-refractivity contribution is 6.30. The lowest BCUT2D eigenvalue weighted by Crippen LogP contribution is -2.42. The van der Waals surface area contributed by atoms with Gasteiger partial charge in [-0.25, -0.2) is 0 Å². The highest BCUT2D eigenvalue weighted by atomic mass is 35.5. The Morgan fingerprint density at radius 2 is 1.91 bits per heavy atom. The summed E-state index contributed by atoms with van der Waals surface area (Å²) in [5.41, 5.74) is 8.23. The average Bonchev–Trinajstić information content (AvgIpc) is 2.57. The van der Waals surface area contributed by atoms with E-state index >= 15 is 0 Å². The molecule has 4 N–H and O–H groups in total. The molecule has 0 spiro atoms. The highest BCUT2D eigenvalue weighted by Crippen LogP contribution is 2.13. The van der Waals surface area contributed by atoms with Crippen molar-refractivity contribution in [2.45, 2.75) is 25.1 Å². The molecule has 0 heterocycles. The Labute approximate surface area is 142 Å². The lowest BCUT2D eigenvalue weighted by Gasteiger charge is -2.19. The fourth-order valence-corrected chi connectivity index (χ4v) is 2.45. The summed E-state index contributed by atoms with van der Waals surface area (Å²) in [6.07, 6.45) is -0.00426. The summed E-state index contributed by atoms with van der Waals surface area (Å²) in [5, 5.41) is 14.1. The van der Waals surface area contributed by atoms with E-state index in [0.717, 1.165) is 16.9 Å². The standard InChI is InChI=1S/C18H23ClN2O2/c1-23-16-4-2-3-14(9-16)11-21-12-18(22)17(20)10-13-5-7-15(19)8-6-13/h2-9,17-18,21-22H,10-12,20H2,1H3. The lowest BCUT2D eigenvalue weighted by atomic mass is 10.0. The van der Waals surface area contributed by atoms with Crippen LogP contribution in [-0.2, 0) is 13.0 Å². The van der Waals surface area contributed by atoms with Gasteiger partial charge in [0.15, 0.2) is 0 Å². The number of nitrogens with one attached hydrogen (secondary N) is 1. The van der Waals surface area contributed by atoms with Crippen LogP contribution >= 0.6 is 11.6 Å². The summed E-state index contributed by atoms with van der Waals surface area (Å²) >= 11 is 5.86. The first-order valence-electron chi connectivity index (χ1n) is 7.60. The molecule has 0 aromatic heterocycles. The average molecular weight is 335 g/mol. The van der Waals surface area contributed by atoms with Crippen LogP contribution in [0.2, 0.25) is 5.02 Å². The molecular weight excluding hydrogens is 312 g/mol. The van der Waals surface area contributed by atoms with Crippen molar-refractivity contribution in [1.82, 2.24) is 5.32 Å². The van der Waals surface area contributed by atoms with E-state index in [9.17, 15) is 5.11 Å². The fraction of sp³-hybridized carbons (Fsp3) is 0.333. The molecule has 2 atom stereocenters. The van der Waals surface area contributed by atoms with Crippen molar-refractivity contribution in [2.24, 2.45) is 5.73 Å². The van der Waals surface area contributed by atoms with Gasteiger partial charge >= 0.3 is 0 Å². The predicted molar refractivity (Wildman–Crippen MR) is 93.8 cm³/mol. The summed E-state index contributed by atoms with van der Waals surface area (Å²) in [4.78, 5) is 0. The van der Waals surface area contributed by atoms with Crippen LogP contribution in [0.15, 0.2) is 48.5 Å². The minimum atomic E-state index is -0.615. The molecule has 0 aliphatic carbocycles. The Bertz CT molecular complexity index is 604. The molecule has 0 radical (unpaired) electrons. The van der Waals surface area contributed by atoms with Crippen LogP contribution in [0.4, 0.5) is 0 Å². The maximum absolute atomic E-state index is 10.2. The third-order valence-corrected chi connectivity index (χ3v) is 3.95. The Morgan fingerprint density at radius 1 is 1.17 bits per heavy atom. The number of aliphatic hydroxyl groups excluding tert-OH is 1. The van der Waals surface area contributed by atoms with E-state index in [1.807, 2.05) is 48.5 Å². The first-order chi connectivity index (χ1) is 11.1. The molecule has 0 saturated carbocycles. The van der Waals surface area contributed by atoms with E-state index in [2.05, 4.69) is 5.32 Å². The zero-order valence-corrected chi connectivity index (χ0v) is 14.0. The number of rotatable bonds is 8. The summed E-state index contributed by atoms with van der Waals surface area (Å²) in [5.74, 6) is 0.823. The molecule has 0 bridgehead atoms. The molecule has 5 heteroatoms. The van der Waals surface area contributed by atoms with Gasteiger partial charge in [0.2, 0.25) is 0 Å². The second-order valence-corrected chi connectivity index (χ2v) is 5.98. The molecule has 0 aliphatic rings. The molecule has 2 unspecified atom stereocenters. The first kappa shape index (κ1) is 17.8. The fourth-order valence-electron chi connectivity index (χ4n) is 2.33. The third kappa shape index (κ3) is 5.84. The van der Waals surface area contributed by atoms with Crippen LogP contribution in [0, 0.1) is 0 Å². The second kappa shape index (κ2) is 8.89. The molecule has 0 fully saturated rings. The van der Waals surface area contributed by atoms with Crippen LogP contribution in [0.1, 0.15) is 11.1 Å². The molecule has 0 aliphatic heterocycles. The maximum Gasteiger partial charge on any atom is 0.119 e. The van der Waals surface area contributed by atoms with E-state index in [4.69, 9.17) is 22.1 Å². The number of halogens is 1. The molecule has 23 heavy (non-hydrogen) atoms. The Kier molecular flexibility index (Phi) is 6.86. The van der Waals surface area contributed by atoms with Gasteiger partial charge in [0.25, 0.3) is 0 Å². The SMILES string of the molecule is COc1cccc(CNCC(O)C(N)Cc2ccc(Cl)cc2)c1. The van der Waals surface area contributed by atoms with Crippen molar-refractivity contribution < 1.29 is 9.84 Å². The van der Waals surface area contributed by atoms with Gasteiger partial charge < -0.3 is 20.9 Å². The van der Waals surface area contributed by atoms with Gasteiger partial charge in [0.1, 0.15) is 5.75 Å². The van der Waals surface area contributed by atoms with E-state index in [0.29, 0.717) is 24.5 Å². The topological polar surface area (TPSA) is 67.5 Å². The van der Waals surface area contributed by atoms with Gasteiger partial charge in [0.05, 0.1) is 13.2 Å². The minimum Gasteiger partial charge on any atom is -0.497 e. The van der Waals surface area contributed by atoms with Gasteiger partial charge in [-0.15, -0.1) is 0 Å². The molecule has 2 rings (SSSR count). The molecule has 0 saturated heterocycles. The molecule has 2 aromatic rings. The smallest absolute Gasteiger partial charge is 0.119 e. The number of benzene rings is 2. The molecular formula is C18H23ClN2O2. The Hall–Kier alpha value is -1.59. The van der Waals surface area contributed by atoms with Crippen molar-refractivity contribution in [1.29, 1.82) is 0 Å². The van der Waals surface area contributed by atoms with Gasteiger partial charge in [0, 0.05) is 24.2 Å². The molecule has 0 amide bonds. The van der Waals surface area contributed by atoms with Gasteiger partial charge in [-0.1, -0.05) is 35.9 Å². The van der Waals surface area contributed by atoms with Gasteiger partial charge in [-0.2, -0.15) is 0 Å². The van der Waals surface area contributed by atoms with E-state index in [1.165, 1.54) is 0 Å². The molecule has 4 nitrogen and oxygen atoms in total. The molecule has 2 aromatic carbocycles. The van der Waals surface area contributed by atoms with Gasteiger partial charge in [-0.3, -0.25) is 0 Å². The zero-order valence-electron chi connectivity index (χ0n) is 13.2. The monoisotopic (exact) mass is 334 g/mol. The van der Waals surface area contributed by atoms with Gasteiger partial charge in [-0.05, 0) is 41.8 Å². The summed E-state index contributed by atoms with van der Waals surface area (Å²) in [7, 11) is 1.64. The van der Waals surface area contributed by atoms with E-state index in [1.54, 1.807) is 7.11 Å². The maximum atomic E-state index is 10.2. The number of methoxy groups -OCH3 is 1. The number of aliphatic hydroxyl groups is 1. The lowest BCUT2D eigenvalue weighted by molar-refractivity contribution is 0.141. The van der Waals surface area contributed by atoms with Crippen LogP contribution in [0.3, 0.4) is 0 Å². The quantitative estimate of drug-likeness (QED) is 0.693. The Balaban J connectivity index is 1.77. The Morgan fingerprint density at radius 3 is 2.61 bits per heavy atom. The van der Waals surface area contributed by atoms with Crippen LogP contribution < -0.4 is 15.8 Å². The normalized spacial score (nSPS) is 13.6. The minimum absolute atomic E-state index is 0.325. The van der Waals surface area contributed by atoms with Crippen molar-refractivity contribution in [2.75, 3.05) is 13.7 Å². The molecule has 124 valence electrons. The van der Waals surface area contributed by atoms with Crippen LogP contribution in [-0.4, -0.2) is 30.9 Å².